The van der Waals surface area contributed by atoms with E-state index in [1.54, 1.807) is 0 Å². The third-order valence-electron chi connectivity index (χ3n) is 4.47. The quantitative estimate of drug-likeness (QED) is 0.741. The van der Waals surface area contributed by atoms with Crippen molar-refractivity contribution in [1.82, 2.24) is 10.2 Å². The molecular weight excluding hydrogens is 244 g/mol. The molecular formula is C14H28N2OS. The molecule has 0 bridgehead atoms. The summed E-state index contributed by atoms with van der Waals surface area (Å²) in [5.74, 6) is 3.64. The fourth-order valence-electron chi connectivity index (χ4n) is 2.81. The molecule has 3 atom stereocenters. The van der Waals surface area contributed by atoms with Crippen LogP contribution in [0.25, 0.3) is 0 Å². The smallest absolute Gasteiger partial charge is 0.317 e. The first kappa shape index (κ1) is 14.0. The summed E-state index contributed by atoms with van der Waals surface area (Å²) in [4.78, 5) is 13.7. The Hall–Kier alpha value is -0.380. The lowest BCUT2D eigenvalue weighted by molar-refractivity contribution is 0.164. The van der Waals surface area contributed by atoms with Crippen LogP contribution in [0.3, 0.4) is 0 Å². The Balaban J connectivity index is 1.63. The number of likely N-dealkylation sites (tertiary alicyclic amines) is 1. The summed E-state index contributed by atoms with van der Waals surface area (Å²) in [5.41, 5.74) is 0. The van der Waals surface area contributed by atoms with E-state index in [2.05, 4.69) is 18.5 Å². The summed E-state index contributed by atoms with van der Waals surface area (Å²) >= 11 is 0. The van der Waals surface area contributed by atoms with E-state index in [1.807, 2.05) is 4.90 Å². The number of amides is 2. The lowest BCUT2D eigenvalue weighted by Gasteiger charge is -2.32. The zero-order valence-electron chi connectivity index (χ0n) is 11.8. The molecule has 1 saturated carbocycles. The molecule has 1 aliphatic carbocycles. The van der Waals surface area contributed by atoms with E-state index < -0.39 is 0 Å². The lowest BCUT2D eigenvalue weighted by atomic mass is 10.1. The van der Waals surface area contributed by atoms with Gasteiger partial charge in [0, 0.05) is 19.1 Å². The number of nitrogens with zero attached hydrogens (tertiary/aromatic N) is 1. The molecule has 0 aromatic carbocycles. The average molecular weight is 272 g/mol. The van der Waals surface area contributed by atoms with Crippen LogP contribution in [-0.2, 0) is 0 Å². The van der Waals surface area contributed by atoms with Crippen LogP contribution in [0.2, 0.25) is 0 Å². The minimum atomic E-state index is 0.179. The van der Waals surface area contributed by atoms with Gasteiger partial charge in [-0.1, -0.05) is 6.92 Å². The number of carbonyl (C=O) groups is 1. The van der Waals surface area contributed by atoms with Crippen molar-refractivity contribution in [2.45, 2.75) is 45.1 Å². The van der Waals surface area contributed by atoms with Crippen LogP contribution in [0.1, 0.15) is 39.0 Å². The summed E-state index contributed by atoms with van der Waals surface area (Å²) in [5, 5.41) is 3.20. The van der Waals surface area contributed by atoms with Crippen molar-refractivity contribution in [3.63, 3.8) is 0 Å². The monoisotopic (exact) mass is 272 g/mol. The zero-order valence-corrected chi connectivity index (χ0v) is 12.7. The maximum Gasteiger partial charge on any atom is 0.317 e. The van der Waals surface area contributed by atoms with Crippen molar-refractivity contribution < 1.29 is 4.79 Å². The number of hydrogen-bond acceptors (Lipinski definition) is 1. The fourth-order valence-corrected chi connectivity index (χ4v) is 3.94. The highest BCUT2D eigenvalue weighted by Gasteiger charge is 2.28. The molecule has 1 saturated heterocycles. The van der Waals surface area contributed by atoms with Gasteiger partial charge in [0.2, 0.25) is 0 Å². The van der Waals surface area contributed by atoms with Crippen molar-refractivity contribution in [3.05, 3.63) is 0 Å². The van der Waals surface area contributed by atoms with E-state index in [-0.39, 0.29) is 16.9 Å². The Kier molecular flexibility index (Phi) is 5.22. The molecule has 0 aromatic rings. The van der Waals surface area contributed by atoms with E-state index >= 15 is 0 Å². The number of thiol groups is 1. The number of nitrogens with one attached hydrogen (secondary N) is 1. The van der Waals surface area contributed by atoms with Gasteiger partial charge in [0.15, 0.2) is 0 Å². The molecule has 2 amide bonds. The van der Waals surface area contributed by atoms with Gasteiger partial charge in [-0.05, 0) is 55.8 Å². The molecule has 2 fully saturated rings. The third-order valence-corrected chi connectivity index (χ3v) is 6.57. The molecule has 2 rings (SSSR count). The molecule has 1 N–H and O–H groups in total. The Morgan fingerprint density at radius 1 is 1.39 bits per heavy atom. The largest absolute Gasteiger partial charge is 0.335 e. The summed E-state index contributed by atoms with van der Waals surface area (Å²) in [6.07, 6.45) is 8.69. The van der Waals surface area contributed by atoms with Gasteiger partial charge in [-0.15, -0.1) is 0 Å². The van der Waals surface area contributed by atoms with Gasteiger partial charge in [0.25, 0.3) is 0 Å². The molecule has 3 nitrogen and oxygen atoms in total. The second-order valence-electron chi connectivity index (χ2n) is 5.85. The lowest BCUT2D eigenvalue weighted by Crippen LogP contribution is -2.50. The van der Waals surface area contributed by atoms with Crippen molar-refractivity contribution in [2.75, 3.05) is 30.9 Å². The molecule has 0 spiro atoms. The van der Waals surface area contributed by atoms with E-state index in [1.165, 1.54) is 43.6 Å². The van der Waals surface area contributed by atoms with Gasteiger partial charge in [0.05, 0.1) is 0 Å². The summed E-state index contributed by atoms with van der Waals surface area (Å²) in [6.45, 7) is 4.22. The second-order valence-corrected chi connectivity index (χ2v) is 8.64. The molecule has 18 heavy (non-hydrogen) atoms. The van der Waals surface area contributed by atoms with Crippen LogP contribution < -0.4 is 5.32 Å². The van der Waals surface area contributed by atoms with Crippen molar-refractivity contribution >= 4 is 16.9 Å². The standard InChI is InChI=1S/C14H28N2OS/c1-3-18(2)10-7-12-5-6-13(11-12)15-14(17)16-8-4-9-16/h12-13,18H,3-11H2,1-2H3,(H,15,17). The molecule has 1 aliphatic heterocycles. The molecule has 1 heterocycles. The van der Waals surface area contributed by atoms with Crippen LogP contribution in [0.5, 0.6) is 0 Å². The molecule has 0 radical (unpaired) electrons. The SMILES string of the molecule is CC[SH](C)CCC1CCC(NC(=O)N2CCC2)C1. The van der Waals surface area contributed by atoms with Crippen LogP contribution in [-0.4, -0.2) is 47.8 Å². The van der Waals surface area contributed by atoms with Crippen molar-refractivity contribution in [3.8, 4) is 0 Å². The number of rotatable bonds is 5. The molecule has 0 aromatic heterocycles. The highest BCUT2D eigenvalue weighted by molar-refractivity contribution is 8.16. The normalized spacial score (nSPS) is 29.9. The van der Waals surface area contributed by atoms with Crippen LogP contribution >= 0.6 is 10.9 Å². The summed E-state index contributed by atoms with van der Waals surface area (Å²) < 4.78 is 0. The maximum absolute atomic E-state index is 11.8. The minimum absolute atomic E-state index is 0.179. The van der Waals surface area contributed by atoms with Crippen molar-refractivity contribution in [1.29, 1.82) is 0 Å². The Bertz CT molecular complexity index is 281. The summed E-state index contributed by atoms with van der Waals surface area (Å²) in [7, 11) is 0.275. The highest BCUT2D eigenvalue weighted by atomic mass is 32.2. The number of hydrogen-bond donors (Lipinski definition) is 2. The van der Waals surface area contributed by atoms with Crippen LogP contribution in [0.15, 0.2) is 0 Å². The first-order valence-electron chi connectivity index (χ1n) is 7.43. The Morgan fingerprint density at radius 3 is 2.78 bits per heavy atom. The van der Waals surface area contributed by atoms with E-state index in [4.69, 9.17) is 0 Å². The zero-order chi connectivity index (χ0) is 13.0. The third kappa shape index (κ3) is 3.81. The first-order valence-corrected chi connectivity index (χ1v) is 9.59. The van der Waals surface area contributed by atoms with E-state index in [0.717, 1.165) is 19.0 Å². The van der Waals surface area contributed by atoms with Gasteiger partial charge in [0.1, 0.15) is 0 Å². The topological polar surface area (TPSA) is 32.3 Å². The molecule has 4 heteroatoms. The maximum atomic E-state index is 11.8. The number of urea groups is 1. The average Bonchev–Trinajstić information content (AvgIpc) is 2.71. The minimum Gasteiger partial charge on any atom is -0.335 e. The van der Waals surface area contributed by atoms with E-state index in [0.29, 0.717) is 6.04 Å². The molecule has 106 valence electrons. The van der Waals surface area contributed by atoms with Gasteiger partial charge in [-0.3, -0.25) is 10.9 Å². The van der Waals surface area contributed by atoms with E-state index in [9.17, 15) is 4.79 Å². The van der Waals surface area contributed by atoms with Crippen molar-refractivity contribution in [2.24, 2.45) is 5.92 Å². The van der Waals surface area contributed by atoms with Crippen LogP contribution in [0.4, 0.5) is 4.79 Å². The Morgan fingerprint density at radius 2 is 2.17 bits per heavy atom. The fraction of sp³-hybridized carbons (Fsp3) is 0.929. The second kappa shape index (κ2) is 6.69. The van der Waals surface area contributed by atoms with Gasteiger partial charge in [-0.25, -0.2) is 4.79 Å². The first-order chi connectivity index (χ1) is 8.69. The highest BCUT2D eigenvalue weighted by Crippen LogP contribution is 2.32. The predicted molar refractivity (Wildman–Crippen MR) is 80.8 cm³/mol. The van der Waals surface area contributed by atoms with Gasteiger partial charge >= 0.3 is 6.03 Å². The Labute approximate surface area is 114 Å². The van der Waals surface area contributed by atoms with Gasteiger partial charge < -0.3 is 10.2 Å². The molecule has 2 aliphatic rings. The number of carbonyl (C=O) groups excluding carboxylic acids is 1. The predicted octanol–water partition coefficient (Wildman–Crippen LogP) is 2.61. The molecule has 3 unspecified atom stereocenters. The van der Waals surface area contributed by atoms with Gasteiger partial charge in [-0.2, -0.15) is 0 Å². The van der Waals surface area contributed by atoms with Crippen LogP contribution in [0, 0.1) is 5.92 Å². The summed E-state index contributed by atoms with van der Waals surface area (Å²) in [6, 6.07) is 0.631.